The maximum absolute atomic E-state index is 5.54. The molecule has 2 heterocycles. The first-order chi connectivity index (χ1) is 6.65. The SMILES string of the molecule is CC(C)Cc1nc2nc(Br)ccc2o1. The smallest absolute Gasteiger partial charge is 0.199 e. The highest BCUT2D eigenvalue weighted by molar-refractivity contribution is 9.10. The second-order valence-electron chi connectivity index (χ2n) is 3.66. The predicted molar refractivity (Wildman–Crippen MR) is 58.0 cm³/mol. The number of aromatic nitrogens is 2. The first-order valence-electron chi connectivity index (χ1n) is 4.57. The minimum Gasteiger partial charge on any atom is -0.439 e. The van der Waals surface area contributed by atoms with Crippen molar-refractivity contribution in [3.05, 3.63) is 22.6 Å². The molecule has 0 N–H and O–H groups in total. The van der Waals surface area contributed by atoms with Gasteiger partial charge in [-0.25, -0.2) is 4.98 Å². The van der Waals surface area contributed by atoms with Crippen LogP contribution in [0.1, 0.15) is 19.7 Å². The van der Waals surface area contributed by atoms with Gasteiger partial charge < -0.3 is 4.42 Å². The third-order valence-electron chi connectivity index (χ3n) is 1.85. The molecule has 0 saturated heterocycles. The van der Waals surface area contributed by atoms with Gasteiger partial charge >= 0.3 is 0 Å². The highest BCUT2D eigenvalue weighted by atomic mass is 79.9. The Hall–Kier alpha value is -0.900. The summed E-state index contributed by atoms with van der Waals surface area (Å²) < 4.78 is 6.33. The van der Waals surface area contributed by atoms with Crippen molar-refractivity contribution in [2.75, 3.05) is 0 Å². The van der Waals surface area contributed by atoms with Gasteiger partial charge in [-0.3, -0.25) is 0 Å². The van der Waals surface area contributed by atoms with Crippen molar-refractivity contribution in [3.63, 3.8) is 0 Å². The molecule has 0 aromatic carbocycles. The van der Waals surface area contributed by atoms with Gasteiger partial charge in [-0.15, -0.1) is 0 Å². The summed E-state index contributed by atoms with van der Waals surface area (Å²) in [6, 6.07) is 3.73. The van der Waals surface area contributed by atoms with E-state index in [1.165, 1.54) is 0 Å². The Kier molecular flexibility index (Phi) is 2.54. The number of halogens is 1. The standard InChI is InChI=1S/C10H11BrN2O/c1-6(2)5-9-13-10-7(14-9)3-4-8(11)12-10/h3-4,6H,5H2,1-2H3. The summed E-state index contributed by atoms with van der Waals surface area (Å²) in [4.78, 5) is 8.52. The maximum atomic E-state index is 5.54. The molecule has 0 aliphatic rings. The Bertz CT molecular complexity index is 450. The van der Waals surface area contributed by atoms with Crippen molar-refractivity contribution < 1.29 is 4.42 Å². The third-order valence-corrected chi connectivity index (χ3v) is 2.29. The molecule has 2 rings (SSSR count). The fourth-order valence-electron chi connectivity index (χ4n) is 1.28. The lowest BCUT2D eigenvalue weighted by Crippen LogP contribution is -1.93. The number of nitrogens with zero attached hydrogens (tertiary/aromatic N) is 2. The van der Waals surface area contributed by atoms with E-state index in [-0.39, 0.29) is 0 Å². The summed E-state index contributed by atoms with van der Waals surface area (Å²) >= 11 is 3.30. The quantitative estimate of drug-likeness (QED) is 0.773. The highest BCUT2D eigenvalue weighted by Crippen LogP contribution is 2.18. The lowest BCUT2D eigenvalue weighted by atomic mass is 10.1. The molecule has 74 valence electrons. The first kappa shape index (κ1) is 9.65. The average Bonchev–Trinajstić information content (AvgIpc) is 2.44. The molecule has 0 fully saturated rings. The minimum atomic E-state index is 0.548. The monoisotopic (exact) mass is 254 g/mol. The van der Waals surface area contributed by atoms with Gasteiger partial charge in [-0.1, -0.05) is 13.8 Å². The highest BCUT2D eigenvalue weighted by Gasteiger charge is 2.08. The molecular weight excluding hydrogens is 244 g/mol. The van der Waals surface area contributed by atoms with E-state index in [1.54, 1.807) is 0 Å². The molecule has 0 spiro atoms. The molecule has 0 radical (unpaired) electrons. The van der Waals surface area contributed by atoms with E-state index in [0.29, 0.717) is 11.6 Å². The number of oxazole rings is 1. The molecule has 2 aromatic rings. The molecule has 0 unspecified atom stereocenters. The Morgan fingerprint density at radius 3 is 2.86 bits per heavy atom. The molecule has 4 heteroatoms. The molecule has 14 heavy (non-hydrogen) atoms. The Morgan fingerprint density at radius 1 is 1.36 bits per heavy atom. The fraction of sp³-hybridized carbons (Fsp3) is 0.400. The molecule has 2 aromatic heterocycles. The molecule has 0 atom stereocenters. The summed E-state index contributed by atoms with van der Waals surface area (Å²) in [6.07, 6.45) is 0.855. The van der Waals surface area contributed by atoms with Crippen LogP contribution in [0.15, 0.2) is 21.2 Å². The second kappa shape index (κ2) is 3.69. The van der Waals surface area contributed by atoms with Crippen LogP contribution in [-0.2, 0) is 6.42 Å². The van der Waals surface area contributed by atoms with Gasteiger partial charge in [0.25, 0.3) is 0 Å². The van der Waals surface area contributed by atoms with E-state index in [2.05, 4.69) is 39.7 Å². The maximum Gasteiger partial charge on any atom is 0.199 e. The average molecular weight is 255 g/mol. The van der Waals surface area contributed by atoms with Gasteiger partial charge in [0.2, 0.25) is 0 Å². The van der Waals surface area contributed by atoms with Gasteiger partial charge in [0.05, 0.1) is 0 Å². The van der Waals surface area contributed by atoms with E-state index in [1.807, 2.05) is 12.1 Å². The summed E-state index contributed by atoms with van der Waals surface area (Å²) in [5.74, 6) is 1.31. The molecule has 0 bridgehead atoms. The molecule has 0 amide bonds. The van der Waals surface area contributed by atoms with Crippen molar-refractivity contribution in [1.82, 2.24) is 9.97 Å². The van der Waals surface area contributed by atoms with Crippen molar-refractivity contribution in [3.8, 4) is 0 Å². The van der Waals surface area contributed by atoms with Crippen LogP contribution in [0.4, 0.5) is 0 Å². The molecule has 3 nitrogen and oxygen atoms in total. The van der Waals surface area contributed by atoms with Crippen LogP contribution in [0.25, 0.3) is 11.2 Å². The summed E-state index contributed by atoms with van der Waals surface area (Å²) in [6.45, 7) is 4.27. The number of hydrogen-bond acceptors (Lipinski definition) is 3. The normalized spacial score (nSPS) is 11.4. The fourth-order valence-corrected chi connectivity index (χ4v) is 1.58. The van der Waals surface area contributed by atoms with E-state index < -0.39 is 0 Å². The summed E-state index contributed by atoms with van der Waals surface area (Å²) in [5.41, 5.74) is 1.43. The zero-order valence-corrected chi connectivity index (χ0v) is 9.71. The van der Waals surface area contributed by atoms with E-state index in [0.717, 1.165) is 22.5 Å². The Labute approximate surface area is 90.7 Å². The van der Waals surface area contributed by atoms with Gasteiger partial charge in [0.15, 0.2) is 17.1 Å². The van der Waals surface area contributed by atoms with Crippen LogP contribution in [0.3, 0.4) is 0 Å². The van der Waals surface area contributed by atoms with Gasteiger partial charge in [-0.05, 0) is 34.0 Å². The Balaban J connectivity index is 2.41. The third kappa shape index (κ3) is 1.95. The summed E-state index contributed by atoms with van der Waals surface area (Å²) in [5, 5.41) is 0. The van der Waals surface area contributed by atoms with Crippen LogP contribution >= 0.6 is 15.9 Å². The summed E-state index contributed by atoms with van der Waals surface area (Å²) in [7, 11) is 0. The number of pyridine rings is 1. The lowest BCUT2D eigenvalue weighted by molar-refractivity contribution is 0.482. The largest absolute Gasteiger partial charge is 0.439 e. The van der Waals surface area contributed by atoms with Gasteiger partial charge in [0, 0.05) is 6.42 Å². The molecule has 0 aliphatic heterocycles. The van der Waals surface area contributed by atoms with Crippen molar-refractivity contribution >= 4 is 27.2 Å². The van der Waals surface area contributed by atoms with Crippen molar-refractivity contribution in [1.29, 1.82) is 0 Å². The zero-order valence-electron chi connectivity index (χ0n) is 8.12. The number of rotatable bonds is 2. The van der Waals surface area contributed by atoms with E-state index in [9.17, 15) is 0 Å². The van der Waals surface area contributed by atoms with Gasteiger partial charge in [0.1, 0.15) is 4.60 Å². The van der Waals surface area contributed by atoms with Crippen LogP contribution in [0.5, 0.6) is 0 Å². The van der Waals surface area contributed by atoms with Crippen molar-refractivity contribution in [2.24, 2.45) is 5.92 Å². The first-order valence-corrected chi connectivity index (χ1v) is 5.36. The second-order valence-corrected chi connectivity index (χ2v) is 4.47. The minimum absolute atomic E-state index is 0.548. The van der Waals surface area contributed by atoms with E-state index in [4.69, 9.17) is 4.42 Å². The van der Waals surface area contributed by atoms with Gasteiger partial charge in [-0.2, -0.15) is 4.98 Å². The predicted octanol–water partition coefficient (Wildman–Crippen LogP) is 3.18. The molecule has 0 aliphatic carbocycles. The van der Waals surface area contributed by atoms with E-state index >= 15 is 0 Å². The Morgan fingerprint density at radius 2 is 2.14 bits per heavy atom. The van der Waals surface area contributed by atoms with Crippen LogP contribution in [0, 0.1) is 5.92 Å². The zero-order chi connectivity index (χ0) is 10.1. The number of fused-ring (bicyclic) bond motifs is 1. The topological polar surface area (TPSA) is 38.9 Å². The van der Waals surface area contributed by atoms with Crippen molar-refractivity contribution in [2.45, 2.75) is 20.3 Å². The number of hydrogen-bond donors (Lipinski definition) is 0. The van der Waals surface area contributed by atoms with Crippen LogP contribution in [0.2, 0.25) is 0 Å². The lowest BCUT2D eigenvalue weighted by Gasteiger charge is -1.96. The molecule has 0 saturated carbocycles. The van der Waals surface area contributed by atoms with Crippen LogP contribution in [-0.4, -0.2) is 9.97 Å². The van der Waals surface area contributed by atoms with Crippen LogP contribution < -0.4 is 0 Å². The molecular formula is C10H11BrN2O.